The van der Waals surface area contributed by atoms with Gasteiger partial charge in [-0.05, 0) is 26.0 Å². The van der Waals surface area contributed by atoms with E-state index in [1.165, 1.54) is 13.8 Å². The van der Waals surface area contributed by atoms with Gasteiger partial charge in [-0.25, -0.2) is 17.2 Å². The maximum atomic E-state index is 13.9. The van der Waals surface area contributed by atoms with Crippen LogP contribution in [0.2, 0.25) is 0 Å². The Morgan fingerprint density at radius 2 is 1.90 bits per heavy atom. The molecule has 3 N–H and O–H groups in total. The summed E-state index contributed by atoms with van der Waals surface area (Å²) < 4.78 is 52.5. The second kappa shape index (κ2) is 5.63. The Balaban J connectivity index is 3.32. The predicted octanol–water partition coefficient (Wildman–Crippen LogP) is 1.33. The fourth-order valence-corrected chi connectivity index (χ4v) is 3.37. The van der Waals surface area contributed by atoms with Crippen LogP contribution in [-0.2, 0) is 10.0 Å². The Labute approximate surface area is 117 Å². The summed E-state index contributed by atoms with van der Waals surface area (Å²) in [6.45, 7) is 4.22. The first-order chi connectivity index (χ1) is 9.00. The van der Waals surface area contributed by atoms with Gasteiger partial charge in [0.15, 0.2) is 5.82 Å². The lowest BCUT2D eigenvalue weighted by Gasteiger charge is -2.27. The minimum absolute atomic E-state index is 0.0308. The molecule has 0 radical (unpaired) electrons. The van der Waals surface area contributed by atoms with Gasteiger partial charge in [0, 0.05) is 13.1 Å². The molecule has 0 saturated heterocycles. The number of likely N-dealkylation sites (N-methyl/N-ethyl adjacent to an activating group) is 1. The third-order valence-corrected chi connectivity index (χ3v) is 4.56. The molecule has 0 unspecified atom stereocenters. The zero-order chi connectivity index (χ0) is 15.7. The molecule has 0 heterocycles. The van der Waals surface area contributed by atoms with Gasteiger partial charge in [0.25, 0.3) is 0 Å². The largest absolute Gasteiger partial charge is 0.394 e. The van der Waals surface area contributed by atoms with Gasteiger partial charge in [-0.15, -0.1) is 0 Å². The van der Waals surface area contributed by atoms with Crippen LogP contribution in [0.3, 0.4) is 0 Å². The Kier molecular flexibility index (Phi) is 4.73. The number of sulfonamides is 1. The van der Waals surface area contributed by atoms with Gasteiger partial charge in [-0.1, -0.05) is 6.92 Å². The molecule has 0 bridgehead atoms. The van der Waals surface area contributed by atoms with Crippen molar-refractivity contribution >= 4 is 15.7 Å². The van der Waals surface area contributed by atoms with E-state index >= 15 is 0 Å². The summed E-state index contributed by atoms with van der Waals surface area (Å²) in [5.41, 5.74) is 3.04. The molecule has 5 nitrogen and oxygen atoms in total. The molecule has 1 aromatic carbocycles. The monoisotopic (exact) mass is 308 g/mol. The van der Waals surface area contributed by atoms with Gasteiger partial charge in [-0.2, -0.15) is 4.31 Å². The van der Waals surface area contributed by atoms with Crippen molar-refractivity contribution in [2.75, 3.05) is 18.8 Å². The fourth-order valence-electron chi connectivity index (χ4n) is 1.69. The number of nitrogen functional groups attached to an aromatic ring is 1. The first-order valence-corrected chi connectivity index (χ1v) is 7.40. The molecule has 20 heavy (non-hydrogen) atoms. The second-order valence-corrected chi connectivity index (χ2v) is 6.92. The molecular weight excluding hydrogens is 290 g/mol. The first-order valence-electron chi connectivity index (χ1n) is 5.96. The smallest absolute Gasteiger partial charge is 0.246 e. The van der Waals surface area contributed by atoms with Gasteiger partial charge in [-0.3, -0.25) is 0 Å². The number of rotatable bonds is 5. The van der Waals surface area contributed by atoms with Gasteiger partial charge in [0.1, 0.15) is 16.4 Å². The standard InChI is InChI=1S/C12H18F2N2O3S/c1-4-16(7-12(2,3)17)20(18,19)9-6-5-8(13)11(15)10(9)14/h5-6,17H,4,7,15H2,1-3H3. The number of aliphatic hydroxyl groups is 1. The van der Waals surface area contributed by atoms with Crippen molar-refractivity contribution in [2.24, 2.45) is 0 Å². The highest BCUT2D eigenvalue weighted by Crippen LogP contribution is 2.26. The van der Waals surface area contributed by atoms with E-state index < -0.39 is 37.8 Å². The van der Waals surface area contributed by atoms with Gasteiger partial charge < -0.3 is 10.8 Å². The van der Waals surface area contributed by atoms with Crippen molar-refractivity contribution < 1.29 is 22.3 Å². The van der Waals surface area contributed by atoms with Crippen molar-refractivity contribution in [1.82, 2.24) is 4.31 Å². The Bertz CT molecular complexity index is 597. The highest BCUT2D eigenvalue weighted by Gasteiger charge is 2.31. The first kappa shape index (κ1) is 16.8. The molecule has 0 aliphatic rings. The quantitative estimate of drug-likeness (QED) is 0.804. The molecule has 0 aromatic heterocycles. The van der Waals surface area contributed by atoms with E-state index in [0.29, 0.717) is 0 Å². The third-order valence-electron chi connectivity index (χ3n) is 2.62. The molecule has 8 heteroatoms. The number of benzene rings is 1. The summed E-state index contributed by atoms with van der Waals surface area (Å²) in [6, 6.07) is 1.62. The summed E-state index contributed by atoms with van der Waals surface area (Å²) in [5, 5.41) is 9.71. The number of hydrogen-bond donors (Lipinski definition) is 2. The molecule has 114 valence electrons. The van der Waals surface area contributed by atoms with E-state index in [2.05, 4.69) is 0 Å². The van der Waals surface area contributed by atoms with Crippen LogP contribution >= 0.6 is 0 Å². The van der Waals surface area contributed by atoms with Crippen LogP contribution in [-0.4, -0.2) is 36.5 Å². The molecule has 1 aromatic rings. The van der Waals surface area contributed by atoms with E-state index in [-0.39, 0.29) is 13.1 Å². The van der Waals surface area contributed by atoms with Gasteiger partial charge in [0.2, 0.25) is 10.0 Å². The van der Waals surface area contributed by atoms with Crippen molar-refractivity contribution in [1.29, 1.82) is 0 Å². The summed E-state index contributed by atoms with van der Waals surface area (Å²) in [4.78, 5) is -0.706. The number of anilines is 1. The van der Waals surface area contributed by atoms with Crippen LogP contribution in [0.4, 0.5) is 14.5 Å². The maximum Gasteiger partial charge on any atom is 0.246 e. The number of hydrogen-bond acceptors (Lipinski definition) is 4. The molecule has 0 atom stereocenters. The van der Waals surface area contributed by atoms with E-state index in [4.69, 9.17) is 5.73 Å². The predicted molar refractivity (Wildman–Crippen MR) is 71.5 cm³/mol. The summed E-state index contributed by atoms with van der Waals surface area (Å²) >= 11 is 0. The lowest BCUT2D eigenvalue weighted by atomic mass is 10.1. The van der Waals surface area contributed by atoms with Crippen LogP contribution in [0, 0.1) is 11.6 Å². The maximum absolute atomic E-state index is 13.9. The Morgan fingerprint density at radius 1 is 1.35 bits per heavy atom. The lowest BCUT2D eigenvalue weighted by Crippen LogP contribution is -2.42. The van der Waals surface area contributed by atoms with E-state index in [0.717, 1.165) is 16.4 Å². The molecule has 0 fully saturated rings. The number of halogens is 2. The Hall–Kier alpha value is -1.25. The van der Waals surface area contributed by atoms with Crippen molar-refractivity contribution in [3.8, 4) is 0 Å². The van der Waals surface area contributed by atoms with Crippen LogP contribution in [0.1, 0.15) is 20.8 Å². The lowest BCUT2D eigenvalue weighted by molar-refractivity contribution is 0.0601. The summed E-state index contributed by atoms with van der Waals surface area (Å²) in [6.07, 6.45) is 0. The normalized spacial score (nSPS) is 12.9. The molecule has 0 aliphatic heterocycles. The number of nitrogens with zero attached hydrogens (tertiary/aromatic N) is 1. The van der Waals surface area contributed by atoms with Crippen LogP contribution in [0.15, 0.2) is 17.0 Å². The fraction of sp³-hybridized carbons (Fsp3) is 0.500. The van der Waals surface area contributed by atoms with Crippen LogP contribution in [0.25, 0.3) is 0 Å². The van der Waals surface area contributed by atoms with Crippen LogP contribution in [0.5, 0.6) is 0 Å². The topological polar surface area (TPSA) is 83.6 Å². The average molecular weight is 308 g/mol. The van der Waals surface area contributed by atoms with Gasteiger partial charge in [0.05, 0.1) is 5.60 Å². The third kappa shape index (κ3) is 3.44. The van der Waals surface area contributed by atoms with E-state index in [1.807, 2.05) is 0 Å². The zero-order valence-corrected chi connectivity index (χ0v) is 12.3. The van der Waals surface area contributed by atoms with Crippen molar-refractivity contribution in [2.45, 2.75) is 31.3 Å². The molecule has 0 spiro atoms. The van der Waals surface area contributed by atoms with Crippen molar-refractivity contribution in [3.63, 3.8) is 0 Å². The summed E-state index contributed by atoms with van der Waals surface area (Å²) in [5.74, 6) is -2.34. The molecule has 0 amide bonds. The molecule has 0 aliphatic carbocycles. The molecular formula is C12H18F2N2O3S. The molecule has 1 rings (SSSR count). The minimum Gasteiger partial charge on any atom is -0.394 e. The minimum atomic E-state index is -4.20. The number of nitrogens with two attached hydrogens (primary N) is 1. The van der Waals surface area contributed by atoms with Crippen molar-refractivity contribution in [3.05, 3.63) is 23.8 Å². The second-order valence-electron chi connectivity index (χ2n) is 5.02. The highest BCUT2D eigenvalue weighted by atomic mass is 32.2. The SMILES string of the molecule is CCN(CC(C)(C)O)S(=O)(=O)c1ccc(F)c(N)c1F. The van der Waals surface area contributed by atoms with E-state index in [9.17, 15) is 22.3 Å². The summed E-state index contributed by atoms with van der Waals surface area (Å²) in [7, 11) is -4.20. The zero-order valence-electron chi connectivity index (χ0n) is 11.5. The average Bonchev–Trinajstić information content (AvgIpc) is 2.31. The van der Waals surface area contributed by atoms with Crippen LogP contribution < -0.4 is 5.73 Å². The highest BCUT2D eigenvalue weighted by molar-refractivity contribution is 7.89. The van der Waals surface area contributed by atoms with E-state index in [1.54, 1.807) is 6.92 Å². The molecule has 0 saturated carbocycles. The Morgan fingerprint density at radius 3 is 2.35 bits per heavy atom. The van der Waals surface area contributed by atoms with Gasteiger partial charge >= 0.3 is 0 Å².